The van der Waals surface area contributed by atoms with E-state index in [1.807, 2.05) is 0 Å². The second kappa shape index (κ2) is 4.86. The summed E-state index contributed by atoms with van der Waals surface area (Å²) in [6, 6.07) is 0. The number of fused-ring (bicyclic) bond motifs is 5. The number of rotatable bonds is 2. The van der Waals surface area contributed by atoms with Gasteiger partial charge in [-0.15, -0.1) is 0 Å². The fraction of sp³-hybridized carbons (Fsp3) is 0.905. The molecule has 0 aliphatic heterocycles. The van der Waals surface area contributed by atoms with Crippen LogP contribution in [0.1, 0.15) is 51.9 Å². The van der Waals surface area contributed by atoms with Gasteiger partial charge in [0.05, 0.1) is 11.7 Å². The molecular formula is C21H33NO2. The molecule has 3 heteroatoms. The molecule has 0 aromatic heterocycles. The highest BCUT2D eigenvalue weighted by molar-refractivity contribution is 5.25. The van der Waals surface area contributed by atoms with Crippen LogP contribution in [0.25, 0.3) is 0 Å². The summed E-state index contributed by atoms with van der Waals surface area (Å²) < 4.78 is 0. The van der Waals surface area contributed by atoms with Crippen LogP contribution >= 0.6 is 0 Å². The second-order valence-corrected chi connectivity index (χ2v) is 10.2. The van der Waals surface area contributed by atoms with Crippen molar-refractivity contribution in [3.8, 4) is 0 Å². The third-order valence-corrected chi connectivity index (χ3v) is 9.03. The van der Waals surface area contributed by atoms with Crippen molar-refractivity contribution in [2.45, 2.75) is 63.6 Å². The minimum atomic E-state index is -0.541. The van der Waals surface area contributed by atoms with Gasteiger partial charge in [-0.2, -0.15) is 0 Å². The first-order valence-electron chi connectivity index (χ1n) is 10.2. The molecule has 0 radical (unpaired) electrons. The number of allylic oxidation sites excluding steroid dienone is 1. The first kappa shape index (κ1) is 15.8. The molecule has 5 aliphatic carbocycles. The van der Waals surface area contributed by atoms with Crippen molar-refractivity contribution in [1.29, 1.82) is 0 Å². The van der Waals surface area contributed by atoms with Gasteiger partial charge < -0.3 is 15.5 Å². The molecule has 5 rings (SSSR count). The number of hydrogen-bond acceptors (Lipinski definition) is 3. The van der Waals surface area contributed by atoms with Gasteiger partial charge in [-0.3, -0.25) is 0 Å². The molecule has 9 atom stereocenters. The summed E-state index contributed by atoms with van der Waals surface area (Å²) in [5.41, 5.74) is -0.176. The monoisotopic (exact) mass is 331 g/mol. The van der Waals surface area contributed by atoms with E-state index in [-0.39, 0.29) is 22.9 Å². The summed E-state index contributed by atoms with van der Waals surface area (Å²) in [6.45, 7) is 3.40. The largest absolute Gasteiger partial charge is 0.392 e. The highest BCUT2D eigenvalue weighted by Crippen LogP contribution is 2.72. The van der Waals surface area contributed by atoms with Crippen molar-refractivity contribution in [1.82, 2.24) is 5.32 Å². The summed E-state index contributed by atoms with van der Waals surface area (Å²) in [5, 5.41) is 26.6. The molecule has 0 saturated heterocycles. The molecule has 4 saturated carbocycles. The lowest BCUT2D eigenvalue weighted by Gasteiger charge is -2.62. The van der Waals surface area contributed by atoms with Gasteiger partial charge >= 0.3 is 0 Å². The van der Waals surface area contributed by atoms with E-state index in [0.717, 1.165) is 32.2 Å². The summed E-state index contributed by atoms with van der Waals surface area (Å²) in [4.78, 5) is 0. The van der Waals surface area contributed by atoms with Crippen molar-refractivity contribution >= 4 is 0 Å². The molecule has 3 bridgehead atoms. The molecule has 3 nitrogen and oxygen atoms in total. The molecule has 4 fully saturated rings. The third-order valence-electron chi connectivity index (χ3n) is 9.03. The number of aliphatic hydroxyl groups excluding tert-OH is 1. The molecule has 1 spiro atoms. The van der Waals surface area contributed by atoms with E-state index in [9.17, 15) is 10.2 Å². The zero-order chi connectivity index (χ0) is 16.7. The van der Waals surface area contributed by atoms with Crippen LogP contribution in [0.3, 0.4) is 0 Å². The standard InChI is InChI=1S/C21H33NO2/c1-19-8-13-5-6-15(19)18(23)17-16(21(24,9-13)12-19)10-20(17)7-3-4-14(20)11-22-2/h5-6,13-18,22-24H,3-4,7-12H2,1-2H3/t13-,14-,15-,16+,17-,18+,19+,20-,21+/m0/s1. The molecular weight excluding hydrogens is 298 g/mol. The quantitative estimate of drug-likeness (QED) is 0.682. The minimum absolute atomic E-state index is 0.0848. The second-order valence-electron chi connectivity index (χ2n) is 10.2. The lowest BCUT2D eigenvalue weighted by molar-refractivity contribution is -0.207. The van der Waals surface area contributed by atoms with E-state index in [0.29, 0.717) is 23.7 Å². The molecule has 0 aromatic rings. The third kappa shape index (κ3) is 1.79. The van der Waals surface area contributed by atoms with Crippen molar-refractivity contribution in [3.63, 3.8) is 0 Å². The van der Waals surface area contributed by atoms with Gasteiger partial charge in [-0.25, -0.2) is 0 Å². The van der Waals surface area contributed by atoms with E-state index in [2.05, 4.69) is 31.4 Å². The average Bonchev–Trinajstić information content (AvgIpc) is 2.88. The summed E-state index contributed by atoms with van der Waals surface area (Å²) in [6.07, 6.45) is 12.3. The molecule has 5 aliphatic rings. The van der Waals surface area contributed by atoms with Crippen molar-refractivity contribution in [2.75, 3.05) is 13.6 Å². The van der Waals surface area contributed by atoms with Crippen LogP contribution in [0.2, 0.25) is 0 Å². The van der Waals surface area contributed by atoms with Gasteiger partial charge in [0, 0.05) is 5.92 Å². The van der Waals surface area contributed by atoms with Gasteiger partial charge in [0.2, 0.25) is 0 Å². The van der Waals surface area contributed by atoms with Gasteiger partial charge in [0.1, 0.15) is 0 Å². The van der Waals surface area contributed by atoms with E-state index in [1.54, 1.807) is 0 Å². The Morgan fingerprint density at radius 2 is 2.04 bits per heavy atom. The molecule has 0 unspecified atom stereocenters. The molecule has 0 heterocycles. The fourth-order valence-electron chi connectivity index (χ4n) is 8.34. The van der Waals surface area contributed by atoms with Gasteiger partial charge in [0.15, 0.2) is 0 Å². The van der Waals surface area contributed by atoms with Crippen molar-refractivity contribution in [3.05, 3.63) is 12.2 Å². The van der Waals surface area contributed by atoms with Gasteiger partial charge in [-0.1, -0.05) is 25.5 Å². The van der Waals surface area contributed by atoms with Crippen LogP contribution < -0.4 is 5.32 Å². The fourth-order valence-corrected chi connectivity index (χ4v) is 8.34. The Hall–Kier alpha value is -0.380. The first-order valence-corrected chi connectivity index (χ1v) is 10.2. The maximum atomic E-state index is 11.7. The van der Waals surface area contributed by atoms with Crippen LogP contribution in [0.15, 0.2) is 12.2 Å². The van der Waals surface area contributed by atoms with E-state index in [4.69, 9.17) is 0 Å². The normalized spacial score (nSPS) is 60.8. The highest BCUT2D eigenvalue weighted by atomic mass is 16.3. The van der Waals surface area contributed by atoms with E-state index >= 15 is 0 Å². The van der Waals surface area contributed by atoms with Crippen LogP contribution in [0.4, 0.5) is 0 Å². The van der Waals surface area contributed by atoms with Gasteiger partial charge in [0.25, 0.3) is 0 Å². The molecule has 24 heavy (non-hydrogen) atoms. The average molecular weight is 332 g/mol. The lowest BCUT2D eigenvalue weighted by atomic mass is 9.44. The molecule has 0 amide bonds. The zero-order valence-corrected chi connectivity index (χ0v) is 15.2. The van der Waals surface area contributed by atoms with Crippen LogP contribution in [0.5, 0.6) is 0 Å². The Morgan fingerprint density at radius 3 is 2.83 bits per heavy atom. The number of hydrogen-bond donors (Lipinski definition) is 3. The van der Waals surface area contributed by atoms with E-state index in [1.165, 1.54) is 19.3 Å². The molecule has 3 N–H and O–H groups in total. The molecule has 0 aromatic carbocycles. The van der Waals surface area contributed by atoms with Crippen LogP contribution in [0, 0.1) is 40.4 Å². The van der Waals surface area contributed by atoms with Gasteiger partial charge in [-0.05, 0) is 86.6 Å². The zero-order valence-electron chi connectivity index (χ0n) is 15.2. The minimum Gasteiger partial charge on any atom is -0.392 e. The maximum Gasteiger partial charge on any atom is 0.0690 e. The summed E-state index contributed by atoms with van der Waals surface area (Å²) >= 11 is 0. The van der Waals surface area contributed by atoms with Crippen molar-refractivity contribution < 1.29 is 10.2 Å². The van der Waals surface area contributed by atoms with Crippen LogP contribution in [-0.2, 0) is 0 Å². The first-order chi connectivity index (χ1) is 11.4. The van der Waals surface area contributed by atoms with Crippen molar-refractivity contribution in [2.24, 2.45) is 40.4 Å². The lowest BCUT2D eigenvalue weighted by Crippen LogP contribution is -2.63. The Bertz CT molecular complexity index is 576. The number of aliphatic hydroxyl groups is 2. The van der Waals surface area contributed by atoms with E-state index < -0.39 is 5.60 Å². The Morgan fingerprint density at radius 1 is 1.21 bits per heavy atom. The summed E-state index contributed by atoms with van der Waals surface area (Å²) in [5.74, 6) is 2.05. The topological polar surface area (TPSA) is 52.5 Å². The Kier molecular flexibility index (Phi) is 3.21. The number of nitrogens with one attached hydrogen (secondary N) is 1. The Balaban J connectivity index is 1.58. The van der Waals surface area contributed by atoms with Crippen LogP contribution in [-0.4, -0.2) is 35.5 Å². The predicted molar refractivity (Wildman–Crippen MR) is 94.3 cm³/mol. The predicted octanol–water partition coefficient (Wildman–Crippen LogP) is 2.73. The smallest absolute Gasteiger partial charge is 0.0690 e. The maximum absolute atomic E-state index is 11.7. The summed E-state index contributed by atoms with van der Waals surface area (Å²) in [7, 11) is 2.05. The SMILES string of the molecule is CNC[C@@H]1CCC[C@]12C[C@@H]1[C@H]2[C@H](O)[C@@H]2C=C[C@H]3C[C@]2(C)C[C@]1(O)C3. The molecule has 134 valence electrons. The Labute approximate surface area is 145 Å². The highest BCUT2D eigenvalue weighted by Gasteiger charge is 2.71.